The van der Waals surface area contributed by atoms with Gasteiger partial charge in [0.1, 0.15) is 0 Å². The molecule has 27 heavy (non-hydrogen) atoms. The lowest BCUT2D eigenvalue weighted by Crippen LogP contribution is -2.50. The number of hydrogen-bond donors (Lipinski definition) is 1. The maximum Gasteiger partial charge on any atom is 0.272 e. The Bertz CT molecular complexity index is 780. The minimum absolute atomic E-state index is 0.0258. The third kappa shape index (κ3) is 3.26. The zero-order valence-electron chi connectivity index (χ0n) is 16.0. The fourth-order valence-electron chi connectivity index (χ4n) is 6.22. The number of nitro benzene ring substituents is 1. The number of nitrogens with zero attached hydrogens (tertiary/aromatic N) is 2. The summed E-state index contributed by atoms with van der Waals surface area (Å²) in [6.07, 6.45) is 8.65. The molecule has 0 aromatic heterocycles. The lowest BCUT2D eigenvalue weighted by molar-refractivity contribution is -0.385. The van der Waals surface area contributed by atoms with Gasteiger partial charge in [0, 0.05) is 28.3 Å². The molecule has 1 aromatic carbocycles. The summed E-state index contributed by atoms with van der Waals surface area (Å²) in [6.45, 7) is 3.77. The highest BCUT2D eigenvalue weighted by atomic mass is 16.6. The summed E-state index contributed by atoms with van der Waals surface area (Å²) in [5, 5.41) is 15.5. The van der Waals surface area contributed by atoms with Crippen molar-refractivity contribution in [1.82, 2.24) is 5.43 Å². The first-order chi connectivity index (χ1) is 12.9. The van der Waals surface area contributed by atoms with Crippen molar-refractivity contribution in [2.75, 3.05) is 0 Å². The average Bonchev–Trinajstić information content (AvgIpc) is 2.60. The Labute approximate surface area is 159 Å². The molecule has 0 radical (unpaired) electrons. The fraction of sp³-hybridized carbons (Fsp3) is 0.619. The van der Waals surface area contributed by atoms with Crippen molar-refractivity contribution < 1.29 is 9.72 Å². The molecule has 1 amide bonds. The van der Waals surface area contributed by atoms with E-state index in [1.54, 1.807) is 13.0 Å². The molecule has 5 rings (SSSR count). The van der Waals surface area contributed by atoms with Crippen molar-refractivity contribution in [2.45, 2.75) is 58.8 Å². The summed E-state index contributed by atoms with van der Waals surface area (Å²) in [7, 11) is 0. The molecule has 6 heteroatoms. The van der Waals surface area contributed by atoms with Crippen LogP contribution < -0.4 is 5.43 Å². The Morgan fingerprint density at radius 1 is 1.22 bits per heavy atom. The van der Waals surface area contributed by atoms with Crippen LogP contribution in [0.5, 0.6) is 0 Å². The number of nitro groups is 1. The molecular weight excluding hydrogens is 342 g/mol. The van der Waals surface area contributed by atoms with Gasteiger partial charge in [0.25, 0.3) is 11.6 Å². The van der Waals surface area contributed by atoms with Crippen molar-refractivity contribution in [3.05, 3.63) is 39.4 Å². The Morgan fingerprint density at radius 3 is 2.30 bits per heavy atom. The van der Waals surface area contributed by atoms with Gasteiger partial charge >= 0.3 is 0 Å². The number of benzene rings is 1. The molecule has 4 saturated carbocycles. The predicted molar refractivity (Wildman–Crippen MR) is 104 cm³/mol. The van der Waals surface area contributed by atoms with Crippen molar-refractivity contribution in [3.63, 3.8) is 0 Å². The van der Waals surface area contributed by atoms with Gasteiger partial charge in [-0.2, -0.15) is 5.10 Å². The minimum atomic E-state index is -0.433. The molecule has 1 N–H and O–H groups in total. The van der Waals surface area contributed by atoms with Crippen LogP contribution in [-0.4, -0.2) is 16.5 Å². The normalized spacial score (nSPS) is 31.8. The monoisotopic (exact) mass is 369 g/mol. The molecule has 0 atom stereocenters. The largest absolute Gasteiger partial charge is 0.272 e. The number of aryl methyl sites for hydroxylation is 1. The summed E-state index contributed by atoms with van der Waals surface area (Å²) in [4.78, 5) is 23.0. The molecule has 0 heterocycles. The number of carbonyl (C=O) groups is 1. The Balaban J connectivity index is 1.52. The van der Waals surface area contributed by atoms with E-state index < -0.39 is 4.92 Å². The zero-order valence-corrected chi connectivity index (χ0v) is 16.0. The lowest BCUT2D eigenvalue weighted by Gasteiger charge is -2.57. The molecule has 4 fully saturated rings. The van der Waals surface area contributed by atoms with E-state index in [-0.39, 0.29) is 17.0 Å². The highest BCUT2D eigenvalue weighted by Crippen LogP contribution is 2.60. The first-order valence-electron chi connectivity index (χ1n) is 10.0. The van der Waals surface area contributed by atoms with Crippen molar-refractivity contribution >= 4 is 17.3 Å². The topological polar surface area (TPSA) is 84.6 Å². The fourth-order valence-corrected chi connectivity index (χ4v) is 6.22. The molecule has 0 aliphatic heterocycles. The molecule has 0 saturated heterocycles. The molecule has 4 aliphatic rings. The van der Waals surface area contributed by atoms with Gasteiger partial charge in [0.05, 0.1) is 4.92 Å². The second-order valence-corrected chi connectivity index (χ2v) is 8.81. The maximum atomic E-state index is 12.5. The number of amides is 1. The van der Waals surface area contributed by atoms with E-state index in [4.69, 9.17) is 0 Å². The number of hydrogen-bond acceptors (Lipinski definition) is 4. The summed E-state index contributed by atoms with van der Waals surface area (Å²) < 4.78 is 0. The third-order valence-electron chi connectivity index (χ3n) is 6.93. The van der Waals surface area contributed by atoms with Gasteiger partial charge in [0.15, 0.2) is 0 Å². The molecule has 0 unspecified atom stereocenters. The zero-order chi connectivity index (χ0) is 19.2. The van der Waals surface area contributed by atoms with E-state index in [1.807, 2.05) is 0 Å². The Hall–Kier alpha value is -2.24. The van der Waals surface area contributed by atoms with E-state index in [0.29, 0.717) is 11.1 Å². The number of rotatable bonds is 5. The summed E-state index contributed by atoms with van der Waals surface area (Å²) >= 11 is 0. The van der Waals surface area contributed by atoms with Crippen LogP contribution >= 0.6 is 0 Å². The molecule has 1 aromatic rings. The SMILES string of the molecule is CC/C(=N\NC(=O)c1ccc([N+](=O)[O-])c(C)c1)C12CC3CC(CC(C3)C1)C2. The van der Waals surface area contributed by atoms with Crippen molar-refractivity contribution in [2.24, 2.45) is 28.3 Å². The Kier molecular flexibility index (Phi) is 4.52. The van der Waals surface area contributed by atoms with Crippen LogP contribution in [0.1, 0.15) is 67.8 Å². The van der Waals surface area contributed by atoms with E-state index in [9.17, 15) is 14.9 Å². The van der Waals surface area contributed by atoms with Gasteiger partial charge < -0.3 is 0 Å². The van der Waals surface area contributed by atoms with E-state index >= 15 is 0 Å². The second kappa shape index (κ2) is 6.73. The summed E-state index contributed by atoms with van der Waals surface area (Å²) in [6, 6.07) is 4.43. The van der Waals surface area contributed by atoms with Crippen LogP contribution in [0.3, 0.4) is 0 Å². The standard InChI is InChI=1S/C21H27N3O3/c1-3-19(21-10-14-7-15(11-21)9-16(8-14)12-21)22-23-20(25)17-4-5-18(24(26)27)13(2)6-17/h4-6,14-16H,3,7-12H2,1-2H3,(H,23,25)/b22-19+. The van der Waals surface area contributed by atoms with Crippen molar-refractivity contribution in [1.29, 1.82) is 0 Å². The van der Waals surface area contributed by atoms with Crippen LogP contribution in [0, 0.1) is 40.2 Å². The quantitative estimate of drug-likeness (QED) is 0.467. The average molecular weight is 369 g/mol. The second-order valence-electron chi connectivity index (χ2n) is 8.81. The summed E-state index contributed by atoms with van der Waals surface area (Å²) in [5.41, 5.74) is 4.96. The highest BCUT2D eigenvalue weighted by molar-refractivity contribution is 5.97. The first kappa shape index (κ1) is 18.1. The van der Waals surface area contributed by atoms with Crippen LogP contribution in [0.15, 0.2) is 23.3 Å². The maximum absolute atomic E-state index is 12.5. The van der Waals surface area contributed by atoms with Gasteiger partial charge in [-0.3, -0.25) is 14.9 Å². The molecule has 0 spiro atoms. The van der Waals surface area contributed by atoms with Crippen molar-refractivity contribution in [3.8, 4) is 0 Å². The van der Waals surface area contributed by atoms with Gasteiger partial charge in [-0.15, -0.1) is 0 Å². The van der Waals surface area contributed by atoms with E-state index in [0.717, 1.165) is 29.9 Å². The van der Waals surface area contributed by atoms with Gasteiger partial charge in [-0.05, 0) is 81.8 Å². The molecule has 6 nitrogen and oxygen atoms in total. The van der Waals surface area contributed by atoms with Gasteiger partial charge in [-0.25, -0.2) is 5.43 Å². The summed E-state index contributed by atoms with van der Waals surface area (Å²) in [5.74, 6) is 2.20. The lowest BCUT2D eigenvalue weighted by atomic mass is 9.48. The van der Waals surface area contributed by atoms with Gasteiger partial charge in [-0.1, -0.05) is 6.92 Å². The number of nitrogens with one attached hydrogen (secondary N) is 1. The van der Waals surface area contributed by atoms with Crippen LogP contribution in [0.2, 0.25) is 0 Å². The van der Waals surface area contributed by atoms with Crippen LogP contribution in [0.25, 0.3) is 0 Å². The predicted octanol–water partition coefficient (Wildman–Crippen LogP) is 4.62. The molecule has 144 valence electrons. The van der Waals surface area contributed by atoms with E-state index in [2.05, 4.69) is 17.5 Å². The number of hydrazone groups is 1. The minimum Gasteiger partial charge on any atom is -0.267 e. The molecule has 4 bridgehead atoms. The first-order valence-corrected chi connectivity index (χ1v) is 10.0. The Morgan fingerprint density at radius 2 is 1.81 bits per heavy atom. The molecule has 4 aliphatic carbocycles. The number of carbonyl (C=O) groups excluding carboxylic acids is 1. The van der Waals surface area contributed by atoms with Gasteiger partial charge in [0.2, 0.25) is 0 Å². The smallest absolute Gasteiger partial charge is 0.267 e. The van der Waals surface area contributed by atoms with E-state index in [1.165, 1.54) is 50.7 Å². The van der Waals surface area contributed by atoms with Crippen LogP contribution in [-0.2, 0) is 0 Å². The third-order valence-corrected chi connectivity index (χ3v) is 6.93. The molecular formula is C21H27N3O3. The highest BCUT2D eigenvalue weighted by Gasteiger charge is 2.52. The van der Waals surface area contributed by atoms with Crippen LogP contribution in [0.4, 0.5) is 5.69 Å².